The molecule has 1 aliphatic carbocycles. The minimum absolute atomic E-state index is 0. The molecule has 0 bridgehead atoms. The van der Waals surface area contributed by atoms with Crippen LogP contribution in [0.25, 0.3) is 0 Å². The van der Waals surface area contributed by atoms with E-state index in [1.54, 1.807) is 12.3 Å². The number of nitrogens with one attached hydrogen (secondary N) is 2. The van der Waals surface area contributed by atoms with Gasteiger partial charge in [0.05, 0.1) is 6.61 Å². The number of benzene rings is 1. The molecule has 1 heterocycles. The van der Waals surface area contributed by atoms with Crippen LogP contribution in [-0.4, -0.2) is 53.3 Å². The second-order valence-electron chi connectivity index (χ2n) is 7.18. The van der Waals surface area contributed by atoms with Crippen LogP contribution in [0.15, 0.2) is 30.5 Å². The Labute approximate surface area is 180 Å². The highest BCUT2D eigenvalue weighted by Crippen LogP contribution is 2.22. The maximum Gasteiger partial charge on any atom is 0.251 e. The summed E-state index contributed by atoms with van der Waals surface area (Å²) in [6.45, 7) is 0.531. The number of rotatable bonds is 7. The van der Waals surface area contributed by atoms with Crippen LogP contribution in [0.3, 0.4) is 0 Å². The summed E-state index contributed by atoms with van der Waals surface area (Å²) in [5.41, 5.74) is 0.112. The Morgan fingerprint density at radius 2 is 1.87 bits per heavy atom. The highest BCUT2D eigenvalue weighted by Gasteiger charge is 2.23. The van der Waals surface area contributed by atoms with E-state index in [-0.39, 0.29) is 36.7 Å². The summed E-state index contributed by atoms with van der Waals surface area (Å²) in [5.74, 6) is -1.15. The summed E-state index contributed by atoms with van der Waals surface area (Å²) in [6.07, 6.45) is 4.84. The topological polar surface area (TPSA) is 90.4 Å². The Morgan fingerprint density at radius 1 is 1.17 bits per heavy atom. The Kier molecular flexibility index (Phi) is 8.73. The van der Waals surface area contributed by atoms with Crippen molar-refractivity contribution in [2.45, 2.75) is 37.8 Å². The maximum atomic E-state index is 13.3. The minimum atomic E-state index is -1.03. The van der Waals surface area contributed by atoms with Gasteiger partial charge in [0.1, 0.15) is 5.82 Å². The zero-order valence-corrected chi connectivity index (χ0v) is 17.5. The number of aromatic nitrogens is 2. The van der Waals surface area contributed by atoms with Crippen molar-refractivity contribution in [3.05, 3.63) is 47.7 Å². The third-order valence-corrected chi connectivity index (χ3v) is 5.04. The van der Waals surface area contributed by atoms with Gasteiger partial charge in [0.25, 0.3) is 5.91 Å². The highest BCUT2D eigenvalue weighted by atomic mass is 35.5. The van der Waals surface area contributed by atoms with E-state index in [1.807, 2.05) is 11.9 Å². The molecular weight excluding hydrogens is 416 g/mol. The van der Waals surface area contributed by atoms with E-state index < -0.39 is 17.5 Å². The van der Waals surface area contributed by atoms with Gasteiger partial charge in [-0.1, -0.05) is 0 Å². The first-order valence-corrected chi connectivity index (χ1v) is 9.63. The molecular formula is C20H26ClF2N5O2. The lowest BCUT2D eigenvalue weighted by Gasteiger charge is -2.30. The molecule has 0 spiro atoms. The fourth-order valence-electron chi connectivity index (χ4n) is 3.37. The van der Waals surface area contributed by atoms with Crippen molar-refractivity contribution >= 4 is 30.1 Å². The monoisotopic (exact) mass is 441 g/mol. The van der Waals surface area contributed by atoms with Crippen LogP contribution in [0.5, 0.6) is 0 Å². The van der Waals surface area contributed by atoms with E-state index in [9.17, 15) is 13.6 Å². The van der Waals surface area contributed by atoms with Crippen LogP contribution in [0.2, 0.25) is 0 Å². The van der Waals surface area contributed by atoms with Crippen LogP contribution in [0.4, 0.5) is 20.5 Å². The van der Waals surface area contributed by atoms with E-state index in [0.29, 0.717) is 12.5 Å². The lowest BCUT2D eigenvalue weighted by molar-refractivity contribution is 0.0926. The molecule has 1 aromatic heterocycles. The number of anilines is 2. The second kappa shape index (κ2) is 11.0. The van der Waals surface area contributed by atoms with Crippen LogP contribution in [0, 0.1) is 11.6 Å². The van der Waals surface area contributed by atoms with E-state index >= 15 is 0 Å². The smallest absolute Gasteiger partial charge is 0.251 e. The quantitative estimate of drug-likeness (QED) is 0.612. The summed E-state index contributed by atoms with van der Waals surface area (Å²) in [6, 6.07) is 5.10. The molecule has 30 heavy (non-hydrogen) atoms. The van der Waals surface area contributed by atoms with Gasteiger partial charge >= 0.3 is 0 Å². The van der Waals surface area contributed by atoms with Crippen molar-refractivity contribution < 1.29 is 18.7 Å². The van der Waals surface area contributed by atoms with Gasteiger partial charge in [-0.3, -0.25) is 4.79 Å². The number of aliphatic hydroxyl groups is 1. The number of hydrogen-bond acceptors (Lipinski definition) is 6. The molecule has 0 radical (unpaired) electrons. The normalized spacial score (nSPS) is 18.3. The van der Waals surface area contributed by atoms with Crippen molar-refractivity contribution in [3.8, 4) is 0 Å². The number of nitrogens with zero attached hydrogens (tertiary/aromatic N) is 3. The van der Waals surface area contributed by atoms with E-state index in [1.165, 1.54) is 6.07 Å². The molecule has 2 aromatic rings. The number of halogens is 3. The summed E-state index contributed by atoms with van der Waals surface area (Å²) in [4.78, 5) is 22.8. The lowest BCUT2D eigenvalue weighted by atomic mass is 9.91. The summed E-state index contributed by atoms with van der Waals surface area (Å²) in [5, 5.41) is 15.3. The van der Waals surface area contributed by atoms with Gasteiger partial charge in [0.2, 0.25) is 5.95 Å². The van der Waals surface area contributed by atoms with Gasteiger partial charge in [0, 0.05) is 37.4 Å². The number of carbonyl (C=O) groups is 1. The van der Waals surface area contributed by atoms with Crippen LogP contribution in [0.1, 0.15) is 36.0 Å². The average molecular weight is 442 g/mol. The van der Waals surface area contributed by atoms with Crippen molar-refractivity contribution in [1.82, 2.24) is 15.3 Å². The van der Waals surface area contributed by atoms with Crippen LogP contribution in [-0.2, 0) is 0 Å². The molecule has 3 rings (SSSR count). The molecule has 1 aromatic carbocycles. The summed E-state index contributed by atoms with van der Waals surface area (Å²) >= 11 is 0. The molecule has 0 aliphatic heterocycles. The largest absolute Gasteiger partial charge is 0.395 e. The highest BCUT2D eigenvalue weighted by molar-refractivity contribution is 5.94. The van der Waals surface area contributed by atoms with Gasteiger partial charge < -0.3 is 20.6 Å². The van der Waals surface area contributed by atoms with Crippen LogP contribution >= 0.6 is 12.4 Å². The van der Waals surface area contributed by atoms with Crippen molar-refractivity contribution in [1.29, 1.82) is 0 Å². The van der Waals surface area contributed by atoms with Gasteiger partial charge in [-0.25, -0.2) is 13.8 Å². The number of hydrogen-bond donors (Lipinski definition) is 3. The zero-order chi connectivity index (χ0) is 20.8. The number of carbonyl (C=O) groups excluding carboxylic acids is 1. The number of likely N-dealkylation sites (N-methyl/N-ethyl adjacent to an activating group) is 1. The third-order valence-electron chi connectivity index (χ3n) is 5.04. The van der Waals surface area contributed by atoms with E-state index in [2.05, 4.69) is 20.6 Å². The molecule has 3 N–H and O–H groups in total. The second-order valence-corrected chi connectivity index (χ2v) is 7.18. The molecule has 1 aliphatic rings. The molecule has 1 fully saturated rings. The van der Waals surface area contributed by atoms with Crippen molar-refractivity contribution in [3.63, 3.8) is 0 Å². The number of aliphatic hydroxyl groups excluding tert-OH is 1. The standard InChI is InChI=1S/C20H25F2N5O2.ClH/c1-27(10-11-28)18-8-9-23-20(26-18)25-15-5-3-14(4-6-15)24-19(29)13-2-7-16(21)17(22)12-13;/h2,7-9,12,14-15,28H,3-6,10-11H2,1H3,(H,24,29)(H,23,25,26);1H. The fourth-order valence-corrected chi connectivity index (χ4v) is 3.37. The Hall–Kier alpha value is -2.52. The van der Waals surface area contributed by atoms with Gasteiger partial charge in [-0.2, -0.15) is 4.98 Å². The molecule has 0 saturated heterocycles. The molecule has 7 nitrogen and oxygen atoms in total. The van der Waals surface area contributed by atoms with Crippen molar-refractivity contribution in [2.75, 3.05) is 30.4 Å². The van der Waals surface area contributed by atoms with Crippen molar-refractivity contribution in [2.24, 2.45) is 0 Å². The molecule has 164 valence electrons. The Balaban J connectivity index is 0.00000320. The molecule has 0 atom stereocenters. The third kappa shape index (κ3) is 6.24. The number of amides is 1. The molecule has 10 heteroatoms. The molecule has 0 unspecified atom stereocenters. The van der Waals surface area contributed by atoms with E-state index in [4.69, 9.17) is 5.11 Å². The first-order valence-electron chi connectivity index (χ1n) is 9.63. The Bertz CT molecular complexity index is 850. The minimum Gasteiger partial charge on any atom is -0.395 e. The van der Waals surface area contributed by atoms with Gasteiger partial charge in [0.15, 0.2) is 11.6 Å². The summed E-state index contributed by atoms with van der Waals surface area (Å²) in [7, 11) is 1.85. The van der Waals surface area contributed by atoms with Gasteiger partial charge in [-0.05, 0) is 49.9 Å². The first-order chi connectivity index (χ1) is 14.0. The van der Waals surface area contributed by atoms with Crippen LogP contribution < -0.4 is 15.5 Å². The fraction of sp³-hybridized carbons (Fsp3) is 0.450. The average Bonchev–Trinajstić information content (AvgIpc) is 2.72. The maximum absolute atomic E-state index is 13.3. The lowest BCUT2D eigenvalue weighted by Crippen LogP contribution is -2.40. The molecule has 1 saturated carbocycles. The van der Waals surface area contributed by atoms with Gasteiger partial charge in [-0.15, -0.1) is 12.4 Å². The zero-order valence-electron chi connectivity index (χ0n) is 16.6. The Morgan fingerprint density at radius 3 is 2.53 bits per heavy atom. The summed E-state index contributed by atoms with van der Waals surface area (Å²) < 4.78 is 26.3. The SMILES string of the molecule is CN(CCO)c1ccnc(NC2CCC(NC(=O)c3ccc(F)c(F)c3)CC2)n1.Cl. The predicted octanol–water partition coefficient (Wildman–Crippen LogP) is 2.76. The van der Waals surface area contributed by atoms with E-state index in [0.717, 1.165) is 43.6 Å². The first kappa shape index (κ1) is 23.8. The molecule has 1 amide bonds. The predicted molar refractivity (Wildman–Crippen MR) is 113 cm³/mol.